The predicted octanol–water partition coefficient (Wildman–Crippen LogP) is 0.285. The molecule has 2 heteroatoms. The van der Waals surface area contributed by atoms with Gasteiger partial charge < -0.3 is 5.32 Å². The molecule has 0 aromatic rings. The molecule has 0 bridgehead atoms. The van der Waals surface area contributed by atoms with Crippen LogP contribution in [0.1, 0.15) is 21.1 Å². The molecule has 0 unspecified atom stereocenters. The minimum atomic E-state index is 0.0993. The van der Waals surface area contributed by atoms with Gasteiger partial charge in [0.15, 0.2) is 0 Å². The van der Waals surface area contributed by atoms with Crippen molar-refractivity contribution in [1.82, 2.24) is 5.32 Å². The molecule has 1 aliphatic rings. The van der Waals surface area contributed by atoms with E-state index in [-0.39, 0.29) is 11.9 Å². The maximum Gasteiger partial charge on any atom is 0.220 e. The first-order valence-electron chi connectivity index (χ1n) is 3.12. The third-order valence-corrected chi connectivity index (χ3v) is 1.08. The molecule has 0 saturated carbocycles. The van der Waals surface area contributed by atoms with Crippen molar-refractivity contribution >= 4 is 5.91 Å². The summed E-state index contributed by atoms with van der Waals surface area (Å²) in [6.45, 7) is 0.325. The topological polar surface area (TPSA) is 29.1 Å². The lowest BCUT2D eigenvalue weighted by atomic mass is 10.3. The van der Waals surface area contributed by atoms with Gasteiger partial charge in [0.2, 0.25) is 5.91 Å². The first-order valence-corrected chi connectivity index (χ1v) is 2.41. The van der Waals surface area contributed by atoms with Gasteiger partial charge in [-0.3, -0.25) is 4.79 Å². The monoisotopic (exact) mass is 100 g/mol. The van der Waals surface area contributed by atoms with E-state index in [1.165, 1.54) is 0 Å². The number of rotatable bonds is 0. The van der Waals surface area contributed by atoms with E-state index in [9.17, 15) is 4.79 Å². The fourth-order valence-electron chi connectivity index (χ4n) is 0.677. The summed E-state index contributed by atoms with van der Waals surface area (Å²) in [6.07, 6.45) is 1.46. The molecule has 40 valence electrons. The smallest absolute Gasteiger partial charge is 0.220 e. The van der Waals surface area contributed by atoms with Crippen LogP contribution < -0.4 is 5.32 Å². The lowest BCUT2D eigenvalue weighted by Gasteiger charge is -1.95. The summed E-state index contributed by atoms with van der Waals surface area (Å²) in [5.41, 5.74) is 0. The van der Waals surface area contributed by atoms with Gasteiger partial charge in [0, 0.05) is 13.8 Å². The normalized spacial score (nSPS) is 32.3. The summed E-state index contributed by atoms with van der Waals surface area (Å²) in [5.74, 6) is 0.0993. The first kappa shape index (κ1) is 3.47. The predicted molar refractivity (Wildman–Crippen MR) is 26.8 cm³/mol. The standard InChI is InChI=1S/C5H9NO/c1-4-2-3-5(7)6-4/h4H,2-3H2,1H3,(H,6,7)/t4-/m1/s1/i1D. The maximum absolute atomic E-state index is 10.4. The second-order valence-corrected chi connectivity index (χ2v) is 1.80. The van der Waals surface area contributed by atoms with Crippen LogP contribution in [-0.4, -0.2) is 11.9 Å². The van der Waals surface area contributed by atoms with Crippen LogP contribution in [0.3, 0.4) is 0 Å². The van der Waals surface area contributed by atoms with Gasteiger partial charge in [-0.15, -0.1) is 0 Å². The Morgan fingerprint density at radius 2 is 3.00 bits per heavy atom. The molecule has 0 aliphatic carbocycles. The third kappa shape index (κ3) is 0.918. The number of hydrogen-bond acceptors (Lipinski definition) is 1. The van der Waals surface area contributed by atoms with Crippen molar-refractivity contribution in [3.63, 3.8) is 0 Å². The molecule has 1 fully saturated rings. The second kappa shape index (κ2) is 1.52. The van der Waals surface area contributed by atoms with Gasteiger partial charge in [-0.1, -0.05) is 0 Å². The summed E-state index contributed by atoms with van der Waals surface area (Å²) >= 11 is 0. The van der Waals surface area contributed by atoms with Gasteiger partial charge in [0.05, 0.1) is 0 Å². The van der Waals surface area contributed by atoms with E-state index in [1.807, 2.05) is 0 Å². The molecule has 1 amide bonds. The molecule has 1 rings (SSSR count). The van der Waals surface area contributed by atoms with Crippen molar-refractivity contribution in [3.8, 4) is 0 Å². The summed E-state index contributed by atoms with van der Waals surface area (Å²) < 4.78 is 6.88. The van der Waals surface area contributed by atoms with Gasteiger partial charge in [-0.05, 0) is 13.3 Å². The van der Waals surface area contributed by atoms with Crippen LogP contribution in [0, 0.1) is 0 Å². The Bertz CT molecular complexity index is 105. The molecule has 0 radical (unpaired) electrons. The number of carbonyl (C=O) groups is 1. The average molecular weight is 100 g/mol. The van der Waals surface area contributed by atoms with Crippen molar-refractivity contribution in [2.24, 2.45) is 0 Å². The number of hydrogen-bond donors (Lipinski definition) is 1. The molecule has 0 spiro atoms. The fourth-order valence-corrected chi connectivity index (χ4v) is 0.677. The minimum Gasteiger partial charge on any atom is -0.354 e. The summed E-state index contributed by atoms with van der Waals surface area (Å²) in [5, 5.41) is 2.68. The lowest BCUT2D eigenvalue weighted by Crippen LogP contribution is -2.21. The lowest BCUT2D eigenvalue weighted by molar-refractivity contribution is -0.119. The molecule has 0 aromatic carbocycles. The molecule has 1 atom stereocenters. The fraction of sp³-hybridized carbons (Fsp3) is 0.800. The van der Waals surface area contributed by atoms with Crippen LogP contribution in [-0.2, 0) is 4.79 Å². The highest BCUT2D eigenvalue weighted by molar-refractivity contribution is 5.78. The van der Waals surface area contributed by atoms with Crippen molar-refractivity contribution in [3.05, 3.63) is 0 Å². The zero-order valence-corrected chi connectivity index (χ0v) is 4.11. The molecule has 1 heterocycles. The van der Waals surface area contributed by atoms with E-state index in [4.69, 9.17) is 1.37 Å². The third-order valence-electron chi connectivity index (χ3n) is 1.08. The molecule has 7 heavy (non-hydrogen) atoms. The second-order valence-electron chi connectivity index (χ2n) is 1.80. The van der Waals surface area contributed by atoms with Gasteiger partial charge in [0.25, 0.3) is 0 Å². The number of carbonyl (C=O) groups excluding carboxylic acids is 1. The molecule has 0 aromatic heterocycles. The summed E-state index contributed by atoms with van der Waals surface area (Å²) in [6, 6.07) is 0.141. The van der Waals surface area contributed by atoms with Crippen LogP contribution in [0.25, 0.3) is 0 Å². The van der Waals surface area contributed by atoms with Crippen molar-refractivity contribution in [2.45, 2.75) is 25.8 Å². The first-order chi connectivity index (χ1) is 3.83. The Morgan fingerprint density at radius 1 is 2.14 bits per heavy atom. The van der Waals surface area contributed by atoms with Crippen LogP contribution >= 0.6 is 0 Å². The zero-order valence-electron chi connectivity index (χ0n) is 5.11. The maximum atomic E-state index is 10.4. The zero-order chi connectivity index (χ0) is 5.98. The van der Waals surface area contributed by atoms with Crippen molar-refractivity contribution < 1.29 is 6.17 Å². The highest BCUT2D eigenvalue weighted by Gasteiger charge is 2.14. The Balaban J connectivity index is 2.32. The Kier molecular flexibility index (Phi) is 0.755. The highest BCUT2D eigenvalue weighted by atomic mass is 16.1. The Hall–Kier alpha value is -0.530. The Morgan fingerprint density at radius 3 is 3.29 bits per heavy atom. The van der Waals surface area contributed by atoms with E-state index in [2.05, 4.69) is 5.32 Å². The molecule has 1 N–H and O–H groups in total. The highest BCUT2D eigenvalue weighted by Crippen LogP contribution is 2.03. The number of amides is 1. The average Bonchev–Trinajstić information content (AvgIpc) is 2.14. The summed E-state index contributed by atoms with van der Waals surface area (Å²) in [7, 11) is 0. The van der Waals surface area contributed by atoms with Crippen LogP contribution in [0.4, 0.5) is 0 Å². The molecule has 1 saturated heterocycles. The van der Waals surface area contributed by atoms with Gasteiger partial charge in [0.1, 0.15) is 0 Å². The minimum absolute atomic E-state index is 0.0993. The van der Waals surface area contributed by atoms with E-state index >= 15 is 0 Å². The molecular formula is C5H9NO. The summed E-state index contributed by atoms with van der Waals surface area (Å²) in [4.78, 5) is 10.4. The van der Waals surface area contributed by atoms with Crippen LogP contribution in [0.15, 0.2) is 0 Å². The van der Waals surface area contributed by atoms with Crippen molar-refractivity contribution in [1.29, 1.82) is 0 Å². The van der Waals surface area contributed by atoms with Gasteiger partial charge in [-0.25, -0.2) is 0 Å². The quantitative estimate of drug-likeness (QED) is 0.465. The largest absolute Gasteiger partial charge is 0.354 e. The molecule has 1 aliphatic heterocycles. The van der Waals surface area contributed by atoms with Crippen LogP contribution in [0.2, 0.25) is 0 Å². The van der Waals surface area contributed by atoms with E-state index in [0.717, 1.165) is 6.42 Å². The SMILES string of the molecule is [2H]C[C@@H]1CCC(=O)N1. The molecule has 2 nitrogen and oxygen atoms in total. The molecular weight excluding hydrogens is 90.1 g/mol. The van der Waals surface area contributed by atoms with Gasteiger partial charge in [-0.2, -0.15) is 0 Å². The van der Waals surface area contributed by atoms with Crippen LogP contribution in [0.5, 0.6) is 0 Å². The van der Waals surface area contributed by atoms with Gasteiger partial charge >= 0.3 is 0 Å². The van der Waals surface area contributed by atoms with E-state index < -0.39 is 0 Å². The number of nitrogens with one attached hydrogen (secondary N) is 1. The van der Waals surface area contributed by atoms with E-state index in [1.54, 1.807) is 0 Å². The van der Waals surface area contributed by atoms with E-state index in [0.29, 0.717) is 13.3 Å². The van der Waals surface area contributed by atoms with Crippen molar-refractivity contribution in [2.75, 3.05) is 0 Å². The Labute approximate surface area is 44.3 Å².